The number of rotatable bonds is 4. The van der Waals surface area contributed by atoms with Crippen molar-refractivity contribution < 1.29 is 4.79 Å². The molecule has 4 aliphatic rings. The number of hydrogen-bond donors (Lipinski definition) is 0. The van der Waals surface area contributed by atoms with Gasteiger partial charge in [-0.3, -0.25) is 4.79 Å². The molecule has 5 rings (SSSR count). The normalized spacial score (nSPS) is 35.6. The number of allylic oxidation sites excluding steroid dienone is 4. The molecule has 0 spiro atoms. The summed E-state index contributed by atoms with van der Waals surface area (Å²) >= 11 is 0. The Morgan fingerprint density at radius 2 is 1.80 bits per heavy atom. The molecule has 5 unspecified atom stereocenters. The second-order valence-corrected chi connectivity index (χ2v) is 10.7. The average molecular weight is 403 g/mol. The number of aryl methyl sites for hydroxylation is 1. The number of ketones is 1. The molecule has 5 atom stereocenters. The van der Waals surface area contributed by atoms with E-state index in [-0.39, 0.29) is 0 Å². The van der Waals surface area contributed by atoms with Gasteiger partial charge in [0.1, 0.15) is 0 Å². The predicted molar refractivity (Wildman–Crippen MR) is 124 cm³/mol. The summed E-state index contributed by atoms with van der Waals surface area (Å²) in [5.41, 5.74) is 8.18. The molecule has 1 heteroatoms. The van der Waals surface area contributed by atoms with Crippen molar-refractivity contribution in [1.29, 1.82) is 0 Å². The summed E-state index contributed by atoms with van der Waals surface area (Å²) in [5.74, 6) is 3.37. The zero-order chi connectivity index (χ0) is 20.9. The number of hydrogen-bond acceptors (Lipinski definition) is 1. The Kier molecular flexibility index (Phi) is 5.28. The lowest BCUT2D eigenvalue weighted by Crippen LogP contribution is -2.43. The molecule has 0 saturated heterocycles. The number of carbonyl (C=O) groups is 1. The first-order chi connectivity index (χ1) is 14.5. The van der Waals surface area contributed by atoms with Crippen LogP contribution in [0.2, 0.25) is 0 Å². The van der Waals surface area contributed by atoms with E-state index in [2.05, 4.69) is 45.0 Å². The average Bonchev–Trinajstić information content (AvgIpc) is 3.09. The molecule has 0 bridgehead atoms. The first-order valence-corrected chi connectivity index (χ1v) is 12.6. The van der Waals surface area contributed by atoms with Crippen molar-refractivity contribution in [1.82, 2.24) is 0 Å². The molecule has 160 valence electrons. The van der Waals surface area contributed by atoms with Crippen LogP contribution in [0.1, 0.15) is 95.6 Å². The Morgan fingerprint density at radius 1 is 1.00 bits per heavy atom. The van der Waals surface area contributed by atoms with Crippen molar-refractivity contribution in [3.63, 3.8) is 0 Å². The lowest BCUT2D eigenvalue weighted by atomic mass is 9.51. The first-order valence-electron chi connectivity index (χ1n) is 12.6. The third kappa shape index (κ3) is 3.15. The lowest BCUT2D eigenvalue weighted by molar-refractivity contribution is -0.114. The van der Waals surface area contributed by atoms with Crippen LogP contribution in [0, 0.1) is 23.2 Å². The summed E-state index contributed by atoms with van der Waals surface area (Å²) in [6.45, 7) is 7.26. The molecular weight excluding hydrogens is 364 g/mol. The van der Waals surface area contributed by atoms with Gasteiger partial charge in [0.2, 0.25) is 0 Å². The van der Waals surface area contributed by atoms with Gasteiger partial charge < -0.3 is 0 Å². The fourth-order valence-electron chi connectivity index (χ4n) is 7.87. The highest BCUT2D eigenvalue weighted by Crippen LogP contribution is 2.66. The van der Waals surface area contributed by atoms with E-state index in [0.717, 1.165) is 43.4 Å². The van der Waals surface area contributed by atoms with Crippen LogP contribution in [0.25, 0.3) is 0 Å². The summed E-state index contributed by atoms with van der Waals surface area (Å²) in [6, 6.07) is 9.55. The van der Waals surface area contributed by atoms with E-state index in [1.807, 2.05) is 6.08 Å². The second-order valence-electron chi connectivity index (χ2n) is 10.7. The molecule has 1 nitrogen and oxygen atoms in total. The van der Waals surface area contributed by atoms with Gasteiger partial charge in [-0.25, -0.2) is 0 Å². The molecule has 1 aromatic rings. The third-order valence-electron chi connectivity index (χ3n) is 9.36. The fourth-order valence-corrected chi connectivity index (χ4v) is 7.87. The van der Waals surface area contributed by atoms with Gasteiger partial charge in [0.15, 0.2) is 5.78 Å². The minimum absolute atomic E-state index is 0.348. The quantitative estimate of drug-likeness (QED) is 0.507. The summed E-state index contributed by atoms with van der Waals surface area (Å²) < 4.78 is 0. The van der Waals surface area contributed by atoms with Crippen LogP contribution in [-0.2, 0) is 11.2 Å². The van der Waals surface area contributed by atoms with Gasteiger partial charge in [0, 0.05) is 12.3 Å². The van der Waals surface area contributed by atoms with Crippen molar-refractivity contribution >= 4 is 5.78 Å². The van der Waals surface area contributed by atoms with Gasteiger partial charge in [0.05, 0.1) is 0 Å². The monoisotopic (exact) mass is 402 g/mol. The topological polar surface area (TPSA) is 17.1 Å². The molecule has 2 fully saturated rings. The van der Waals surface area contributed by atoms with Crippen LogP contribution in [0.15, 0.2) is 47.1 Å². The zero-order valence-electron chi connectivity index (χ0n) is 19.2. The van der Waals surface area contributed by atoms with Crippen molar-refractivity contribution in [3.8, 4) is 0 Å². The SMILES string of the molecule is CCCC1CCC2C3CCC4=CC(=O)CCC4=C3C(c3ccc(CC)cc3)CC12C. The maximum Gasteiger partial charge on any atom is 0.156 e. The number of carbonyl (C=O) groups excluding carboxylic acids is 1. The lowest BCUT2D eigenvalue weighted by Gasteiger charge is -2.53. The van der Waals surface area contributed by atoms with E-state index in [4.69, 9.17) is 0 Å². The van der Waals surface area contributed by atoms with Gasteiger partial charge in [-0.05, 0) is 96.5 Å². The predicted octanol–water partition coefficient (Wildman–Crippen LogP) is 7.56. The number of fused-ring (bicyclic) bond motifs is 4. The van der Waals surface area contributed by atoms with E-state index in [0.29, 0.717) is 17.1 Å². The van der Waals surface area contributed by atoms with Gasteiger partial charge >= 0.3 is 0 Å². The Labute approximate surface area is 183 Å². The molecule has 0 amide bonds. The molecular formula is C29H38O. The molecule has 0 heterocycles. The Morgan fingerprint density at radius 3 is 2.53 bits per heavy atom. The molecule has 0 N–H and O–H groups in total. The first kappa shape index (κ1) is 20.3. The van der Waals surface area contributed by atoms with E-state index in [1.165, 1.54) is 55.2 Å². The van der Waals surface area contributed by atoms with Gasteiger partial charge in [0.25, 0.3) is 0 Å². The molecule has 4 aliphatic carbocycles. The standard InChI is InChI=1S/C29H38O/c1-4-6-22-12-16-27-25-14-11-21-17-23(30)13-15-24(21)28(25)26(18-29(22,27)3)20-9-7-19(5-2)8-10-20/h7-10,17,22,25-27H,4-6,11-16,18H2,1-3H3. The van der Waals surface area contributed by atoms with Gasteiger partial charge in [-0.1, -0.05) is 63.5 Å². The maximum absolute atomic E-state index is 12.1. The zero-order valence-corrected chi connectivity index (χ0v) is 19.2. The van der Waals surface area contributed by atoms with Crippen LogP contribution in [0.5, 0.6) is 0 Å². The summed E-state index contributed by atoms with van der Waals surface area (Å²) in [5, 5.41) is 0. The van der Waals surface area contributed by atoms with Gasteiger partial charge in [-0.15, -0.1) is 0 Å². The van der Waals surface area contributed by atoms with Crippen LogP contribution >= 0.6 is 0 Å². The van der Waals surface area contributed by atoms with Crippen LogP contribution in [0.4, 0.5) is 0 Å². The van der Waals surface area contributed by atoms with Crippen molar-refractivity contribution in [3.05, 3.63) is 58.2 Å². The molecule has 0 aliphatic heterocycles. The van der Waals surface area contributed by atoms with E-state index >= 15 is 0 Å². The Balaban J connectivity index is 1.63. The van der Waals surface area contributed by atoms with Crippen LogP contribution in [0.3, 0.4) is 0 Å². The highest BCUT2D eigenvalue weighted by molar-refractivity contribution is 5.93. The minimum Gasteiger partial charge on any atom is -0.295 e. The molecule has 30 heavy (non-hydrogen) atoms. The summed E-state index contributed by atoms with van der Waals surface area (Å²) in [7, 11) is 0. The highest BCUT2D eigenvalue weighted by atomic mass is 16.1. The van der Waals surface area contributed by atoms with Crippen LogP contribution in [-0.4, -0.2) is 5.78 Å². The molecule has 1 aromatic carbocycles. The summed E-state index contributed by atoms with van der Waals surface area (Å²) in [4.78, 5) is 12.1. The minimum atomic E-state index is 0.348. The highest BCUT2D eigenvalue weighted by Gasteiger charge is 2.56. The van der Waals surface area contributed by atoms with Crippen molar-refractivity contribution in [2.45, 2.75) is 90.9 Å². The molecule has 2 saturated carbocycles. The maximum atomic E-state index is 12.1. The Hall–Kier alpha value is -1.63. The van der Waals surface area contributed by atoms with Crippen LogP contribution < -0.4 is 0 Å². The van der Waals surface area contributed by atoms with Crippen molar-refractivity contribution in [2.24, 2.45) is 23.2 Å². The van der Waals surface area contributed by atoms with Crippen molar-refractivity contribution in [2.75, 3.05) is 0 Å². The fraction of sp³-hybridized carbons (Fsp3) is 0.621. The van der Waals surface area contributed by atoms with Gasteiger partial charge in [-0.2, -0.15) is 0 Å². The second kappa shape index (κ2) is 7.81. The van der Waals surface area contributed by atoms with E-state index in [9.17, 15) is 4.79 Å². The molecule has 0 aromatic heterocycles. The number of benzene rings is 1. The van der Waals surface area contributed by atoms with E-state index < -0.39 is 0 Å². The summed E-state index contributed by atoms with van der Waals surface area (Å²) in [6.07, 6.45) is 14.1. The van der Waals surface area contributed by atoms with E-state index in [1.54, 1.807) is 11.1 Å². The third-order valence-corrected chi connectivity index (χ3v) is 9.36. The molecule has 0 radical (unpaired) electrons. The smallest absolute Gasteiger partial charge is 0.156 e. The largest absolute Gasteiger partial charge is 0.295 e. The Bertz CT molecular complexity index is 885.